The Labute approximate surface area is 206 Å². The van der Waals surface area contributed by atoms with Crippen molar-refractivity contribution < 1.29 is 4.74 Å². The number of hydrogen-bond donors (Lipinski definition) is 1. The van der Waals surface area contributed by atoms with Crippen molar-refractivity contribution in [3.63, 3.8) is 0 Å². The van der Waals surface area contributed by atoms with Crippen LogP contribution in [0.1, 0.15) is 49.6 Å². The Morgan fingerprint density at radius 3 is 2.69 bits per heavy atom. The molecular weight excluding hydrogens is 440 g/mol. The van der Waals surface area contributed by atoms with Gasteiger partial charge in [0.05, 0.1) is 25.1 Å². The highest BCUT2D eigenvalue weighted by atomic mass is 16.5. The van der Waals surface area contributed by atoms with Crippen LogP contribution in [0, 0.1) is 0 Å². The molecule has 184 valence electrons. The van der Waals surface area contributed by atoms with Crippen molar-refractivity contribution >= 4 is 11.6 Å². The minimum atomic E-state index is 0.338. The van der Waals surface area contributed by atoms with Crippen LogP contribution in [0.2, 0.25) is 0 Å². The van der Waals surface area contributed by atoms with E-state index in [0.29, 0.717) is 12.5 Å². The van der Waals surface area contributed by atoms with Crippen molar-refractivity contribution in [3.05, 3.63) is 65.9 Å². The fraction of sp³-hybridized carbons (Fsp3) is 0.462. The van der Waals surface area contributed by atoms with Crippen LogP contribution in [0.4, 0.5) is 5.95 Å². The number of morpholine rings is 1. The number of aromatic nitrogens is 6. The van der Waals surface area contributed by atoms with E-state index in [1.54, 1.807) is 6.20 Å². The van der Waals surface area contributed by atoms with Crippen LogP contribution in [0.15, 0.2) is 48.9 Å². The highest BCUT2D eigenvalue weighted by molar-refractivity contribution is 5.53. The molecule has 0 saturated carbocycles. The topological polar surface area (TPSA) is 85.4 Å². The maximum atomic E-state index is 5.45. The van der Waals surface area contributed by atoms with Gasteiger partial charge in [-0.2, -0.15) is 19.7 Å². The summed E-state index contributed by atoms with van der Waals surface area (Å²) in [6.45, 7) is 9.81. The summed E-state index contributed by atoms with van der Waals surface area (Å²) < 4.78 is 9.18. The molecule has 5 rings (SSSR count). The first kappa shape index (κ1) is 23.4. The highest BCUT2D eigenvalue weighted by Gasteiger charge is 2.16. The van der Waals surface area contributed by atoms with Crippen LogP contribution >= 0.6 is 0 Å². The van der Waals surface area contributed by atoms with E-state index in [4.69, 9.17) is 14.7 Å². The lowest BCUT2D eigenvalue weighted by Gasteiger charge is -2.26. The van der Waals surface area contributed by atoms with E-state index in [1.807, 2.05) is 39.8 Å². The number of unbranched alkanes of at least 4 members (excludes halogenated alkanes) is 1. The summed E-state index contributed by atoms with van der Waals surface area (Å²) in [5.74, 6) is 1.93. The second-order valence-corrected chi connectivity index (χ2v) is 9.30. The third kappa shape index (κ3) is 5.52. The molecule has 0 aliphatic carbocycles. The SMILES string of the molecule is CC(C)c1cnn2c(NCc3ccccc3-n3cccn3)nc(CCCCN3CCOCC3)nc12. The molecule has 1 aliphatic heterocycles. The van der Waals surface area contributed by atoms with Crippen molar-refractivity contribution in [2.24, 2.45) is 0 Å². The van der Waals surface area contributed by atoms with Gasteiger partial charge in [-0.25, -0.2) is 9.67 Å². The number of nitrogens with one attached hydrogen (secondary N) is 1. The summed E-state index contributed by atoms with van der Waals surface area (Å²) in [7, 11) is 0. The molecule has 1 aromatic carbocycles. The van der Waals surface area contributed by atoms with Gasteiger partial charge in [0, 0.05) is 44.0 Å². The maximum Gasteiger partial charge on any atom is 0.227 e. The average Bonchev–Trinajstić information content (AvgIpc) is 3.57. The van der Waals surface area contributed by atoms with Crippen molar-refractivity contribution in [2.45, 2.75) is 45.6 Å². The number of ether oxygens (including phenoxy) is 1. The molecule has 9 heteroatoms. The first-order valence-corrected chi connectivity index (χ1v) is 12.6. The molecule has 4 aromatic rings. The fourth-order valence-electron chi connectivity index (χ4n) is 4.48. The second-order valence-electron chi connectivity index (χ2n) is 9.30. The number of nitrogens with zero attached hydrogens (tertiary/aromatic N) is 7. The van der Waals surface area contributed by atoms with Crippen LogP contribution < -0.4 is 5.32 Å². The third-order valence-electron chi connectivity index (χ3n) is 6.47. The molecule has 0 unspecified atom stereocenters. The minimum Gasteiger partial charge on any atom is -0.379 e. The van der Waals surface area contributed by atoms with E-state index in [0.717, 1.165) is 86.3 Å². The molecule has 0 spiro atoms. The molecule has 0 atom stereocenters. The summed E-state index contributed by atoms with van der Waals surface area (Å²) in [5, 5.41) is 12.5. The molecule has 1 N–H and O–H groups in total. The summed E-state index contributed by atoms with van der Waals surface area (Å²) >= 11 is 0. The zero-order chi connectivity index (χ0) is 24.0. The van der Waals surface area contributed by atoms with Crippen LogP contribution in [-0.4, -0.2) is 67.1 Å². The Hall–Kier alpha value is -3.30. The number of hydrogen-bond acceptors (Lipinski definition) is 7. The summed E-state index contributed by atoms with van der Waals surface area (Å²) in [6.07, 6.45) is 8.70. The molecular formula is C26H34N8O. The van der Waals surface area contributed by atoms with Crippen molar-refractivity contribution in [1.29, 1.82) is 0 Å². The van der Waals surface area contributed by atoms with Gasteiger partial charge in [-0.15, -0.1) is 0 Å². The molecule has 0 radical (unpaired) electrons. The van der Waals surface area contributed by atoms with Crippen LogP contribution in [0.25, 0.3) is 11.3 Å². The van der Waals surface area contributed by atoms with Gasteiger partial charge in [0.25, 0.3) is 0 Å². The summed E-state index contributed by atoms with van der Waals surface area (Å²) in [6, 6.07) is 10.2. The van der Waals surface area contributed by atoms with Gasteiger partial charge in [0.1, 0.15) is 5.82 Å². The van der Waals surface area contributed by atoms with E-state index >= 15 is 0 Å². The standard InChI is InChI=1S/C26H34N8O/c1-20(2)22-19-29-34-25(22)30-24(10-5-6-12-32-14-16-35-17-15-32)31-26(34)27-18-21-8-3-4-9-23(21)33-13-7-11-28-33/h3-4,7-9,11,13,19-20H,5-6,10,12,14-18H2,1-2H3,(H,27,30,31). The molecule has 4 heterocycles. The molecule has 1 saturated heterocycles. The maximum absolute atomic E-state index is 5.45. The van der Waals surface area contributed by atoms with Gasteiger partial charge in [0.2, 0.25) is 5.95 Å². The number of rotatable bonds is 10. The van der Waals surface area contributed by atoms with Crippen LogP contribution in [-0.2, 0) is 17.7 Å². The van der Waals surface area contributed by atoms with Gasteiger partial charge in [-0.3, -0.25) is 4.90 Å². The molecule has 0 amide bonds. The Kier molecular flexibility index (Phi) is 7.34. The van der Waals surface area contributed by atoms with E-state index in [-0.39, 0.29) is 0 Å². The quantitative estimate of drug-likeness (QED) is 0.351. The lowest BCUT2D eigenvalue weighted by Crippen LogP contribution is -2.36. The molecule has 3 aromatic heterocycles. The van der Waals surface area contributed by atoms with Crippen molar-refractivity contribution in [2.75, 3.05) is 38.2 Å². The van der Waals surface area contributed by atoms with Gasteiger partial charge in [0.15, 0.2) is 5.65 Å². The first-order chi connectivity index (χ1) is 17.2. The molecule has 35 heavy (non-hydrogen) atoms. The smallest absolute Gasteiger partial charge is 0.227 e. The molecule has 9 nitrogen and oxygen atoms in total. The first-order valence-electron chi connectivity index (χ1n) is 12.6. The van der Waals surface area contributed by atoms with Crippen molar-refractivity contribution in [3.8, 4) is 5.69 Å². The lowest BCUT2D eigenvalue weighted by molar-refractivity contribution is 0.0372. The van der Waals surface area contributed by atoms with E-state index in [9.17, 15) is 0 Å². The highest BCUT2D eigenvalue weighted by Crippen LogP contribution is 2.22. The van der Waals surface area contributed by atoms with Gasteiger partial charge >= 0.3 is 0 Å². The summed E-state index contributed by atoms with van der Waals surface area (Å²) in [4.78, 5) is 12.3. The van der Waals surface area contributed by atoms with Gasteiger partial charge < -0.3 is 10.1 Å². The fourth-order valence-corrected chi connectivity index (χ4v) is 4.48. The number of anilines is 1. The minimum absolute atomic E-state index is 0.338. The lowest BCUT2D eigenvalue weighted by atomic mass is 10.1. The molecule has 0 bridgehead atoms. The van der Waals surface area contributed by atoms with Crippen LogP contribution in [0.5, 0.6) is 0 Å². The monoisotopic (exact) mass is 474 g/mol. The van der Waals surface area contributed by atoms with Crippen LogP contribution in [0.3, 0.4) is 0 Å². The van der Waals surface area contributed by atoms with Gasteiger partial charge in [-0.05, 0) is 43.0 Å². The zero-order valence-corrected chi connectivity index (χ0v) is 20.6. The molecule has 1 fully saturated rings. The summed E-state index contributed by atoms with van der Waals surface area (Å²) in [5.41, 5.74) is 4.20. The number of fused-ring (bicyclic) bond motifs is 1. The largest absolute Gasteiger partial charge is 0.379 e. The Morgan fingerprint density at radius 1 is 1.03 bits per heavy atom. The Morgan fingerprint density at radius 2 is 1.89 bits per heavy atom. The second kappa shape index (κ2) is 11.0. The van der Waals surface area contributed by atoms with Crippen molar-refractivity contribution in [1.82, 2.24) is 34.3 Å². The average molecular weight is 475 g/mol. The Balaban J connectivity index is 1.33. The molecule has 1 aliphatic rings. The number of para-hydroxylation sites is 1. The van der Waals surface area contributed by atoms with E-state index in [1.165, 1.54) is 0 Å². The zero-order valence-electron chi connectivity index (χ0n) is 20.6. The third-order valence-corrected chi connectivity index (χ3v) is 6.47. The van der Waals surface area contributed by atoms with E-state index in [2.05, 4.69) is 46.4 Å². The van der Waals surface area contributed by atoms with E-state index < -0.39 is 0 Å². The predicted octanol–water partition coefficient (Wildman–Crippen LogP) is 3.70. The number of aryl methyl sites for hydroxylation is 1. The van der Waals surface area contributed by atoms with Gasteiger partial charge in [-0.1, -0.05) is 32.0 Å². The normalized spacial score (nSPS) is 14.7. The number of benzene rings is 1. The predicted molar refractivity (Wildman–Crippen MR) is 136 cm³/mol. The Bertz CT molecular complexity index is 1230.